The van der Waals surface area contributed by atoms with Crippen molar-refractivity contribution < 1.29 is 14.3 Å². The number of morpholine rings is 1. The summed E-state index contributed by atoms with van der Waals surface area (Å²) in [4.78, 5) is 14.5. The number of nitrogens with zero attached hydrogens (tertiary/aromatic N) is 3. The number of rotatable bonds is 7. The number of hydrazone groups is 1. The second-order valence-electron chi connectivity index (χ2n) is 6.30. The number of hydrogen-bond acceptors (Lipinski definition) is 6. The molecule has 0 aliphatic carbocycles. The third kappa shape index (κ3) is 5.91. The van der Waals surface area contributed by atoms with E-state index in [-0.39, 0.29) is 12.5 Å². The molecule has 3 rings (SSSR count). The third-order valence-electron chi connectivity index (χ3n) is 4.29. The Morgan fingerprint density at radius 3 is 2.57 bits per heavy atom. The zero-order valence-corrected chi connectivity index (χ0v) is 15.5. The first-order chi connectivity index (χ1) is 13.7. The Balaban J connectivity index is 1.48. The van der Waals surface area contributed by atoms with Gasteiger partial charge in [-0.1, -0.05) is 12.1 Å². The van der Waals surface area contributed by atoms with E-state index < -0.39 is 0 Å². The molecule has 0 aromatic heterocycles. The predicted octanol–water partition coefficient (Wildman–Crippen LogP) is 2.19. The van der Waals surface area contributed by atoms with E-state index in [1.54, 1.807) is 30.5 Å². The number of ether oxygens (including phenoxy) is 2. The van der Waals surface area contributed by atoms with Gasteiger partial charge >= 0.3 is 0 Å². The number of hydrogen-bond donors (Lipinski definition) is 1. The van der Waals surface area contributed by atoms with Gasteiger partial charge < -0.3 is 9.47 Å². The lowest BCUT2D eigenvalue weighted by molar-refractivity contribution is 0.0342. The van der Waals surface area contributed by atoms with Gasteiger partial charge in [-0.05, 0) is 47.5 Å². The standard InChI is InChI=1S/C21H22N4O3/c22-9-12-28-20-7-3-17(4-8-20)15-23-24-21(26)19-5-1-18(2-6-19)16-25-10-13-27-14-11-25/h1-8,15H,10-14,16H2,(H,24,26)/b23-15-. The summed E-state index contributed by atoms with van der Waals surface area (Å²) in [6.07, 6.45) is 1.55. The van der Waals surface area contributed by atoms with E-state index >= 15 is 0 Å². The highest BCUT2D eigenvalue weighted by atomic mass is 16.5. The van der Waals surface area contributed by atoms with Crippen LogP contribution in [0, 0.1) is 11.3 Å². The summed E-state index contributed by atoms with van der Waals surface area (Å²) < 4.78 is 10.5. The molecule has 0 atom stereocenters. The van der Waals surface area contributed by atoms with Gasteiger partial charge in [-0.3, -0.25) is 9.69 Å². The molecule has 7 heteroatoms. The van der Waals surface area contributed by atoms with Crippen LogP contribution in [0.3, 0.4) is 0 Å². The zero-order valence-electron chi connectivity index (χ0n) is 15.5. The van der Waals surface area contributed by atoms with Crippen molar-refractivity contribution in [2.45, 2.75) is 6.54 Å². The normalized spacial score (nSPS) is 14.5. The third-order valence-corrected chi connectivity index (χ3v) is 4.29. The lowest BCUT2D eigenvalue weighted by atomic mass is 10.1. The fraction of sp³-hybridized carbons (Fsp3) is 0.286. The Morgan fingerprint density at radius 1 is 1.18 bits per heavy atom. The van der Waals surface area contributed by atoms with Crippen LogP contribution in [-0.2, 0) is 11.3 Å². The molecule has 0 unspecified atom stereocenters. The molecule has 1 fully saturated rings. The largest absolute Gasteiger partial charge is 0.479 e. The SMILES string of the molecule is N#CCOc1ccc(/C=N\NC(=O)c2ccc(CN3CCOCC3)cc2)cc1. The van der Waals surface area contributed by atoms with Crippen molar-refractivity contribution in [3.63, 3.8) is 0 Å². The van der Waals surface area contributed by atoms with Gasteiger partial charge in [0.15, 0.2) is 6.61 Å². The van der Waals surface area contributed by atoms with Crippen LogP contribution in [0.1, 0.15) is 21.5 Å². The molecule has 2 aromatic carbocycles. The van der Waals surface area contributed by atoms with Crippen LogP contribution in [0.25, 0.3) is 0 Å². The van der Waals surface area contributed by atoms with E-state index in [0.29, 0.717) is 11.3 Å². The number of benzene rings is 2. The van der Waals surface area contributed by atoms with Gasteiger partial charge in [0.25, 0.3) is 5.91 Å². The van der Waals surface area contributed by atoms with Gasteiger partial charge in [-0.25, -0.2) is 5.43 Å². The van der Waals surface area contributed by atoms with E-state index in [9.17, 15) is 4.79 Å². The zero-order chi connectivity index (χ0) is 19.6. The predicted molar refractivity (Wildman–Crippen MR) is 105 cm³/mol. The van der Waals surface area contributed by atoms with Crippen molar-refractivity contribution in [2.75, 3.05) is 32.9 Å². The first kappa shape index (κ1) is 19.5. The molecule has 1 heterocycles. The molecule has 28 heavy (non-hydrogen) atoms. The summed E-state index contributed by atoms with van der Waals surface area (Å²) in [6, 6.07) is 16.5. The molecule has 144 valence electrons. The van der Waals surface area contributed by atoms with Crippen LogP contribution in [-0.4, -0.2) is 49.9 Å². The molecule has 2 aromatic rings. The molecule has 0 saturated carbocycles. The van der Waals surface area contributed by atoms with E-state index in [1.807, 2.05) is 30.3 Å². The molecule has 1 saturated heterocycles. The summed E-state index contributed by atoms with van der Waals surface area (Å²) in [6.45, 7) is 4.28. The maximum absolute atomic E-state index is 12.2. The lowest BCUT2D eigenvalue weighted by Crippen LogP contribution is -2.35. The minimum absolute atomic E-state index is 0.00866. The molecule has 0 radical (unpaired) electrons. The first-order valence-electron chi connectivity index (χ1n) is 9.07. The fourth-order valence-electron chi connectivity index (χ4n) is 2.77. The second kappa shape index (κ2) is 10.2. The summed E-state index contributed by atoms with van der Waals surface area (Å²) in [5.41, 5.74) is 5.06. The Morgan fingerprint density at radius 2 is 1.89 bits per heavy atom. The lowest BCUT2D eigenvalue weighted by Gasteiger charge is -2.26. The van der Waals surface area contributed by atoms with Crippen molar-refractivity contribution in [3.8, 4) is 11.8 Å². The molecule has 1 aliphatic heterocycles. The fourth-order valence-corrected chi connectivity index (χ4v) is 2.77. The van der Waals surface area contributed by atoms with Crippen molar-refractivity contribution >= 4 is 12.1 Å². The molecule has 0 spiro atoms. The van der Waals surface area contributed by atoms with E-state index in [1.165, 1.54) is 5.56 Å². The monoisotopic (exact) mass is 378 g/mol. The van der Waals surface area contributed by atoms with Crippen molar-refractivity contribution in [2.24, 2.45) is 5.10 Å². The Kier molecular flexibility index (Phi) is 7.13. The Hall–Kier alpha value is -3.21. The first-order valence-corrected chi connectivity index (χ1v) is 9.07. The summed E-state index contributed by atoms with van der Waals surface area (Å²) in [7, 11) is 0. The molecule has 1 amide bonds. The number of nitrogens with one attached hydrogen (secondary N) is 1. The molecule has 1 N–H and O–H groups in total. The van der Waals surface area contributed by atoms with Gasteiger partial charge in [-0.2, -0.15) is 10.4 Å². The van der Waals surface area contributed by atoms with Crippen LogP contribution in [0.5, 0.6) is 5.75 Å². The molecule has 7 nitrogen and oxygen atoms in total. The van der Waals surface area contributed by atoms with Gasteiger partial charge in [0.05, 0.1) is 19.4 Å². The highest BCUT2D eigenvalue weighted by Crippen LogP contribution is 2.11. The Labute approximate surface area is 164 Å². The smallest absolute Gasteiger partial charge is 0.271 e. The topological polar surface area (TPSA) is 86.9 Å². The molecular formula is C21H22N4O3. The summed E-state index contributed by atoms with van der Waals surface area (Å²) >= 11 is 0. The highest BCUT2D eigenvalue weighted by Gasteiger charge is 2.11. The number of carbonyl (C=O) groups is 1. The highest BCUT2D eigenvalue weighted by molar-refractivity contribution is 5.94. The Bertz CT molecular complexity index is 835. The number of nitriles is 1. The van der Waals surface area contributed by atoms with Crippen LogP contribution in [0.2, 0.25) is 0 Å². The van der Waals surface area contributed by atoms with E-state index in [0.717, 1.165) is 38.4 Å². The van der Waals surface area contributed by atoms with Crippen LogP contribution >= 0.6 is 0 Å². The van der Waals surface area contributed by atoms with Crippen molar-refractivity contribution in [3.05, 3.63) is 65.2 Å². The van der Waals surface area contributed by atoms with Gasteiger partial charge in [-0.15, -0.1) is 0 Å². The second-order valence-corrected chi connectivity index (χ2v) is 6.30. The van der Waals surface area contributed by atoms with E-state index in [2.05, 4.69) is 15.4 Å². The maximum atomic E-state index is 12.2. The van der Waals surface area contributed by atoms with E-state index in [4.69, 9.17) is 14.7 Å². The average Bonchev–Trinajstić information content (AvgIpc) is 2.74. The van der Waals surface area contributed by atoms with Gasteiger partial charge in [0.2, 0.25) is 0 Å². The summed E-state index contributed by atoms with van der Waals surface area (Å²) in [5, 5.41) is 12.5. The molecule has 0 bridgehead atoms. The van der Waals surface area contributed by atoms with Crippen molar-refractivity contribution in [1.29, 1.82) is 5.26 Å². The minimum Gasteiger partial charge on any atom is -0.479 e. The van der Waals surface area contributed by atoms with Crippen molar-refractivity contribution in [1.82, 2.24) is 10.3 Å². The number of carbonyl (C=O) groups excluding carboxylic acids is 1. The maximum Gasteiger partial charge on any atom is 0.271 e. The molecular weight excluding hydrogens is 356 g/mol. The van der Waals surface area contributed by atoms with Crippen LogP contribution in [0.4, 0.5) is 0 Å². The summed E-state index contributed by atoms with van der Waals surface area (Å²) in [5.74, 6) is 0.350. The average molecular weight is 378 g/mol. The van der Waals surface area contributed by atoms with Crippen LogP contribution < -0.4 is 10.2 Å². The molecule has 1 aliphatic rings. The van der Waals surface area contributed by atoms with Gasteiger partial charge in [0, 0.05) is 25.2 Å². The van der Waals surface area contributed by atoms with Crippen LogP contribution in [0.15, 0.2) is 53.6 Å². The number of amides is 1. The van der Waals surface area contributed by atoms with Gasteiger partial charge in [0.1, 0.15) is 11.8 Å². The quantitative estimate of drug-likeness (QED) is 0.589. The minimum atomic E-state index is -0.261.